The standard InChI is InChI=1S/C22H37NO2/c1-13-12-17-22(5,11-9-18(24)23-17)15-8-10-21(4)14(19(13)15)6-7-16(21)20(2,3)25/h13-17,19,25H,6-12H2,1-5H3,(H,23,24)/t13-,14-,15-,16+,17+,19-,21-,22+/m0/s1. The molecule has 0 aromatic carbocycles. The van der Waals surface area contributed by atoms with E-state index in [1.807, 2.05) is 13.8 Å². The average molecular weight is 348 g/mol. The van der Waals surface area contributed by atoms with Gasteiger partial charge in [0.2, 0.25) is 5.91 Å². The second-order valence-corrected chi connectivity index (χ2v) is 11.0. The number of fused-ring (bicyclic) bond motifs is 5. The Morgan fingerprint density at radius 1 is 1.08 bits per heavy atom. The van der Waals surface area contributed by atoms with Crippen LogP contribution in [0.1, 0.15) is 79.6 Å². The minimum Gasteiger partial charge on any atom is -0.390 e. The Kier molecular flexibility index (Phi) is 3.90. The number of nitrogens with one attached hydrogen (secondary N) is 1. The van der Waals surface area contributed by atoms with Crippen LogP contribution in [0.4, 0.5) is 0 Å². The van der Waals surface area contributed by atoms with E-state index in [-0.39, 0.29) is 16.7 Å². The van der Waals surface area contributed by atoms with E-state index in [1.54, 1.807) is 0 Å². The van der Waals surface area contributed by atoms with Crippen molar-refractivity contribution in [3.63, 3.8) is 0 Å². The molecule has 25 heavy (non-hydrogen) atoms. The molecule has 2 N–H and O–H groups in total. The summed E-state index contributed by atoms with van der Waals surface area (Å²) in [7, 11) is 0. The van der Waals surface area contributed by atoms with E-state index in [4.69, 9.17) is 0 Å². The zero-order valence-corrected chi connectivity index (χ0v) is 16.8. The zero-order valence-electron chi connectivity index (χ0n) is 16.8. The molecule has 4 aliphatic rings. The number of piperidine rings is 1. The molecule has 1 aliphatic heterocycles. The highest BCUT2D eigenvalue weighted by atomic mass is 16.3. The van der Waals surface area contributed by atoms with Crippen molar-refractivity contribution < 1.29 is 9.90 Å². The Labute approximate surface area is 153 Å². The summed E-state index contributed by atoms with van der Waals surface area (Å²) in [5, 5.41) is 14.1. The van der Waals surface area contributed by atoms with Gasteiger partial charge in [-0.05, 0) is 92.8 Å². The van der Waals surface area contributed by atoms with Gasteiger partial charge in [0.1, 0.15) is 0 Å². The molecule has 4 rings (SSSR count). The van der Waals surface area contributed by atoms with Gasteiger partial charge in [-0.3, -0.25) is 4.79 Å². The van der Waals surface area contributed by atoms with Crippen LogP contribution in [0.25, 0.3) is 0 Å². The van der Waals surface area contributed by atoms with Gasteiger partial charge in [0.25, 0.3) is 0 Å². The fourth-order valence-electron chi connectivity index (χ4n) is 8.21. The van der Waals surface area contributed by atoms with Gasteiger partial charge in [0, 0.05) is 12.5 Å². The quantitative estimate of drug-likeness (QED) is 0.749. The topological polar surface area (TPSA) is 49.3 Å². The van der Waals surface area contributed by atoms with Gasteiger partial charge >= 0.3 is 0 Å². The largest absolute Gasteiger partial charge is 0.390 e. The van der Waals surface area contributed by atoms with Crippen LogP contribution in [-0.4, -0.2) is 22.7 Å². The van der Waals surface area contributed by atoms with Gasteiger partial charge in [0.15, 0.2) is 0 Å². The van der Waals surface area contributed by atoms with E-state index >= 15 is 0 Å². The van der Waals surface area contributed by atoms with E-state index in [9.17, 15) is 9.90 Å². The first-order valence-electron chi connectivity index (χ1n) is 10.6. The SMILES string of the molecule is C[C@H]1C[C@H]2NC(=O)CC[C@]2(C)[C@H]2CC[C@]3(C)[C@@H](C(C)(C)O)CC[C@H]3[C@H]12. The third-order valence-corrected chi connectivity index (χ3v) is 9.32. The molecule has 4 fully saturated rings. The normalized spacial score (nSPS) is 52.8. The van der Waals surface area contributed by atoms with Crippen LogP contribution in [-0.2, 0) is 4.79 Å². The molecule has 0 radical (unpaired) electrons. The second-order valence-electron chi connectivity index (χ2n) is 11.0. The Morgan fingerprint density at radius 3 is 2.44 bits per heavy atom. The summed E-state index contributed by atoms with van der Waals surface area (Å²) in [4.78, 5) is 12.0. The maximum atomic E-state index is 12.0. The fraction of sp³-hybridized carbons (Fsp3) is 0.955. The molecule has 0 spiro atoms. The van der Waals surface area contributed by atoms with Gasteiger partial charge in [-0.2, -0.15) is 0 Å². The molecule has 0 aromatic rings. The smallest absolute Gasteiger partial charge is 0.220 e. The maximum Gasteiger partial charge on any atom is 0.220 e. The van der Waals surface area contributed by atoms with Crippen molar-refractivity contribution >= 4 is 5.91 Å². The van der Waals surface area contributed by atoms with Gasteiger partial charge in [-0.25, -0.2) is 0 Å². The number of carbonyl (C=O) groups is 1. The lowest BCUT2D eigenvalue weighted by Gasteiger charge is -2.62. The summed E-state index contributed by atoms with van der Waals surface area (Å²) in [5.74, 6) is 3.61. The minimum atomic E-state index is -0.570. The molecule has 142 valence electrons. The first-order valence-corrected chi connectivity index (χ1v) is 10.6. The van der Waals surface area contributed by atoms with Crippen LogP contribution in [0.15, 0.2) is 0 Å². The van der Waals surface area contributed by atoms with Crippen LogP contribution in [0.2, 0.25) is 0 Å². The van der Waals surface area contributed by atoms with E-state index < -0.39 is 5.60 Å². The number of amides is 1. The second kappa shape index (κ2) is 5.47. The molecule has 1 saturated heterocycles. The van der Waals surface area contributed by atoms with E-state index in [0.29, 0.717) is 24.3 Å². The number of hydrogen-bond donors (Lipinski definition) is 2. The summed E-state index contributed by atoms with van der Waals surface area (Å²) in [6.07, 6.45) is 7.90. The van der Waals surface area contributed by atoms with Gasteiger partial charge in [0.05, 0.1) is 5.60 Å². The van der Waals surface area contributed by atoms with Crippen molar-refractivity contribution in [2.75, 3.05) is 0 Å². The molecule has 8 atom stereocenters. The summed E-state index contributed by atoms with van der Waals surface area (Å²) in [6.45, 7) is 11.4. The molecule has 0 unspecified atom stereocenters. The first kappa shape index (κ1) is 17.8. The highest BCUT2D eigenvalue weighted by Gasteiger charge is 2.63. The van der Waals surface area contributed by atoms with Crippen LogP contribution in [0, 0.1) is 40.4 Å². The lowest BCUT2D eigenvalue weighted by molar-refractivity contribution is -0.150. The molecule has 3 aliphatic carbocycles. The molecule has 3 nitrogen and oxygen atoms in total. The number of hydrogen-bond acceptors (Lipinski definition) is 2. The van der Waals surface area contributed by atoms with Gasteiger partial charge in [-0.15, -0.1) is 0 Å². The van der Waals surface area contributed by atoms with Gasteiger partial charge < -0.3 is 10.4 Å². The molecular formula is C22H37NO2. The van der Waals surface area contributed by atoms with E-state index in [1.165, 1.54) is 25.7 Å². The summed E-state index contributed by atoms with van der Waals surface area (Å²) < 4.78 is 0. The van der Waals surface area contributed by atoms with Crippen molar-refractivity contribution in [3.8, 4) is 0 Å². The highest BCUT2D eigenvalue weighted by molar-refractivity contribution is 5.77. The molecule has 0 aromatic heterocycles. The zero-order chi connectivity index (χ0) is 18.2. The molecule has 3 saturated carbocycles. The predicted molar refractivity (Wildman–Crippen MR) is 99.9 cm³/mol. The summed E-state index contributed by atoms with van der Waals surface area (Å²) >= 11 is 0. The van der Waals surface area contributed by atoms with E-state index in [2.05, 4.69) is 26.1 Å². The summed E-state index contributed by atoms with van der Waals surface area (Å²) in [6, 6.07) is 0.376. The third-order valence-electron chi connectivity index (χ3n) is 9.32. The number of aliphatic hydroxyl groups is 1. The maximum absolute atomic E-state index is 12.0. The lowest BCUT2D eigenvalue weighted by Crippen LogP contribution is -2.63. The number of carbonyl (C=O) groups excluding carboxylic acids is 1. The Hall–Kier alpha value is -0.570. The molecule has 1 heterocycles. The minimum absolute atomic E-state index is 0.261. The Bertz CT molecular complexity index is 567. The van der Waals surface area contributed by atoms with Crippen LogP contribution >= 0.6 is 0 Å². The van der Waals surface area contributed by atoms with Crippen molar-refractivity contribution in [2.24, 2.45) is 40.4 Å². The van der Waals surface area contributed by atoms with Crippen molar-refractivity contribution in [1.29, 1.82) is 0 Å². The van der Waals surface area contributed by atoms with Crippen LogP contribution < -0.4 is 5.32 Å². The van der Waals surface area contributed by atoms with Crippen LogP contribution in [0.3, 0.4) is 0 Å². The van der Waals surface area contributed by atoms with Crippen molar-refractivity contribution in [1.82, 2.24) is 5.32 Å². The molecular weight excluding hydrogens is 310 g/mol. The molecule has 1 amide bonds. The fourth-order valence-corrected chi connectivity index (χ4v) is 8.21. The van der Waals surface area contributed by atoms with Crippen molar-refractivity contribution in [3.05, 3.63) is 0 Å². The van der Waals surface area contributed by atoms with Gasteiger partial charge in [-0.1, -0.05) is 20.8 Å². The van der Waals surface area contributed by atoms with E-state index in [0.717, 1.165) is 30.6 Å². The third kappa shape index (κ3) is 2.44. The predicted octanol–water partition coefficient (Wildman–Crippen LogP) is 4.14. The van der Waals surface area contributed by atoms with Crippen LogP contribution in [0.5, 0.6) is 0 Å². The first-order chi connectivity index (χ1) is 11.6. The molecule has 0 bridgehead atoms. The van der Waals surface area contributed by atoms with Crippen molar-refractivity contribution in [2.45, 2.75) is 91.2 Å². The average Bonchev–Trinajstić information content (AvgIpc) is 2.86. The monoisotopic (exact) mass is 347 g/mol. The Morgan fingerprint density at radius 2 is 1.76 bits per heavy atom. The number of rotatable bonds is 1. The lowest BCUT2D eigenvalue weighted by atomic mass is 9.44. The summed E-state index contributed by atoms with van der Waals surface area (Å²) in [5.41, 5.74) is -0.00643. The highest BCUT2D eigenvalue weighted by Crippen LogP contribution is 2.67. The Balaban J connectivity index is 1.67. The molecule has 3 heteroatoms.